The minimum absolute atomic E-state index is 0.167. The van der Waals surface area contributed by atoms with Gasteiger partial charge < -0.3 is 4.79 Å². The number of carbonyl (C=O) groups is 1. The van der Waals surface area contributed by atoms with Gasteiger partial charge in [-0.2, -0.15) is 4.91 Å². The number of rotatable bonds is 2. The van der Waals surface area contributed by atoms with Crippen molar-refractivity contribution in [2.45, 2.75) is 47.0 Å². The molecular formula is C9H21NO2. The van der Waals surface area contributed by atoms with E-state index in [0.717, 1.165) is 0 Å². The van der Waals surface area contributed by atoms with Gasteiger partial charge in [0, 0.05) is 0 Å². The normalized spacial score (nSPS) is 6.75. The van der Waals surface area contributed by atoms with Gasteiger partial charge in [-0.15, -0.1) is 0 Å². The molecule has 0 amide bonds. The molecule has 0 unspecified atom stereocenters. The van der Waals surface area contributed by atoms with Crippen LogP contribution in [0.4, 0.5) is 0 Å². The van der Waals surface area contributed by atoms with Crippen molar-refractivity contribution in [3.8, 4) is 0 Å². The molecule has 0 N–H and O–H groups in total. The summed E-state index contributed by atoms with van der Waals surface area (Å²) in [7, 11) is 1.19. The summed E-state index contributed by atoms with van der Waals surface area (Å²) in [5.74, 6) is 0.167. The zero-order valence-corrected chi connectivity index (χ0v) is 8.89. The Labute approximate surface area is 75.5 Å². The molecule has 0 atom stereocenters. The van der Waals surface area contributed by atoms with Gasteiger partial charge in [0.2, 0.25) is 0 Å². The largest absolute Gasteiger partial charge is 0.300 e. The second-order valence-electron chi connectivity index (χ2n) is 2.44. The first-order valence-electron chi connectivity index (χ1n) is 4.25. The lowest BCUT2D eigenvalue weighted by molar-refractivity contribution is -0.114. The molecule has 0 spiro atoms. The van der Waals surface area contributed by atoms with Crippen molar-refractivity contribution in [2.24, 2.45) is 5.18 Å². The first-order valence-corrected chi connectivity index (χ1v) is 4.25. The van der Waals surface area contributed by atoms with Crippen LogP contribution in [0.15, 0.2) is 5.18 Å². The van der Waals surface area contributed by atoms with E-state index >= 15 is 0 Å². The minimum atomic E-state index is 0.167. The Balaban J connectivity index is -0.000000105. The van der Waals surface area contributed by atoms with Crippen molar-refractivity contribution in [2.75, 3.05) is 7.05 Å². The summed E-state index contributed by atoms with van der Waals surface area (Å²) in [6.45, 7) is 7.48. The van der Waals surface area contributed by atoms with Crippen LogP contribution in [0.3, 0.4) is 0 Å². The number of ketones is 1. The van der Waals surface area contributed by atoms with Gasteiger partial charge in [0.25, 0.3) is 0 Å². The third-order valence-electron chi connectivity index (χ3n) is 0.707. The monoisotopic (exact) mass is 175 g/mol. The maximum Gasteiger partial charge on any atom is 0.126 e. The number of carbonyl (C=O) groups excluding carboxylic acids is 1. The van der Waals surface area contributed by atoms with Crippen LogP contribution in [0.2, 0.25) is 0 Å². The van der Waals surface area contributed by atoms with Crippen molar-refractivity contribution < 1.29 is 4.79 Å². The van der Waals surface area contributed by atoms with Gasteiger partial charge >= 0.3 is 0 Å². The van der Waals surface area contributed by atoms with Gasteiger partial charge in [0.05, 0.1) is 7.05 Å². The number of hydrogen-bond donors (Lipinski definition) is 0. The number of Topliss-reactive ketones (excluding diaryl/α,β-unsaturated/α-hetero) is 1. The highest BCUT2D eigenvalue weighted by molar-refractivity contribution is 5.72. The summed E-state index contributed by atoms with van der Waals surface area (Å²) in [5, 5.41) is 2.25. The lowest BCUT2D eigenvalue weighted by Gasteiger charge is -1.79. The summed E-state index contributed by atoms with van der Waals surface area (Å²) < 4.78 is 0. The molecule has 0 rings (SSSR count). The molecule has 0 aromatic carbocycles. The molecule has 0 aliphatic rings. The van der Waals surface area contributed by atoms with E-state index in [1.165, 1.54) is 40.2 Å². The first-order chi connectivity index (χ1) is 5.56. The number of hydrogen-bond acceptors (Lipinski definition) is 3. The molecule has 0 bridgehead atoms. The summed E-state index contributed by atoms with van der Waals surface area (Å²) >= 11 is 0. The van der Waals surface area contributed by atoms with Crippen LogP contribution in [0, 0.1) is 4.91 Å². The molecule has 0 fully saturated rings. The molecule has 0 heterocycles. The molecule has 0 aromatic heterocycles. The smallest absolute Gasteiger partial charge is 0.126 e. The lowest BCUT2D eigenvalue weighted by atomic mass is 10.3. The molecule has 0 radical (unpaired) electrons. The maximum atomic E-state index is 9.44. The van der Waals surface area contributed by atoms with Crippen molar-refractivity contribution in [1.82, 2.24) is 0 Å². The molecule has 0 aliphatic heterocycles. The second kappa shape index (κ2) is 22.4. The van der Waals surface area contributed by atoms with Crippen molar-refractivity contribution in [3.63, 3.8) is 0 Å². The SMILES string of the molecule is CC(C)=O.CCCCC.CN=O. The summed E-state index contributed by atoms with van der Waals surface area (Å²) in [5.41, 5.74) is 0. The predicted molar refractivity (Wildman–Crippen MR) is 53.3 cm³/mol. The van der Waals surface area contributed by atoms with E-state index in [1.54, 1.807) is 0 Å². The zero-order valence-electron chi connectivity index (χ0n) is 8.89. The van der Waals surface area contributed by atoms with Crippen LogP contribution in [0.5, 0.6) is 0 Å². The van der Waals surface area contributed by atoms with E-state index in [2.05, 4.69) is 19.0 Å². The zero-order chi connectivity index (χ0) is 10.4. The number of unbranched alkanes of at least 4 members (excludes halogenated alkanes) is 2. The molecule has 3 nitrogen and oxygen atoms in total. The van der Waals surface area contributed by atoms with Crippen LogP contribution in [0.1, 0.15) is 47.0 Å². The topological polar surface area (TPSA) is 46.5 Å². The Kier molecular flexibility index (Phi) is 32.5. The van der Waals surface area contributed by atoms with Gasteiger partial charge in [-0.3, -0.25) is 0 Å². The fourth-order valence-electron chi connectivity index (χ4n) is 0.354. The molecule has 0 aromatic rings. The molecular weight excluding hydrogens is 154 g/mol. The Hall–Kier alpha value is -0.730. The highest BCUT2D eigenvalue weighted by Crippen LogP contribution is 1.88. The molecule has 0 aliphatic carbocycles. The Morgan fingerprint density at radius 1 is 1.17 bits per heavy atom. The van der Waals surface area contributed by atoms with E-state index in [-0.39, 0.29) is 5.78 Å². The highest BCUT2D eigenvalue weighted by atomic mass is 16.2. The van der Waals surface area contributed by atoms with Crippen molar-refractivity contribution in [1.29, 1.82) is 0 Å². The maximum absolute atomic E-state index is 9.44. The predicted octanol–water partition coefficient (Wildman–Crippen LogP) is 3.17. The standard InChI is InChI=1S/C5H12.C3H6O.CH3NO/c1-3-5-4-2;1-3(2)4;1-2-3/h3-5H2,1-2H3;1-2H3;1H3. The summed E-state index contributed by atoms with van der Waals surface area (Å²) in [4.78, 5) is 18.0. The van der Waals surface area contributed by atoms with Gasteiger partial charge in [-0.1, -0.05) is 38.3 Å². The van der Waals surface area contributed by atoms with Gasteiger partial charge in [-0.25, -0.2) is 0 Å². The summed E-state index contributed by atoms with van der Waals surface area (Å²) in [6.07, 6.45) is 4.08. The fourth-order valence-corrected chi connectivity index (χ4v) is 0.354. The third-order valence-corrected chi connectivity index (χ3v) is 0.707. The number of nitrogens with zero attached hydrogens (tertiary/aromatic N) is 1. The van der Waals surface area contributed by atoms with E-state index in [0.29, 0.717) is 0 Å². The minimum Gasteiger partial charge on any atom is -0.300 e. The molecule has 12 heavy (non-hydrogen) atoms. The Bertz CT molecular complexity index is 86.5. The fraction of sp³-hybridized carbons (Fsp3) is 0.889. The van der Waals surface area contributed by atoms with Crippen molar-refractivity contribution >= 4 is 5.78 Å². The summed E-state index contributed by atoms with van der Waals surface area (Å²) in [6, 6.07) is 0. The van der Waals surface area contributed by atoms with E-state index < -0.39 is 0 Å². The van der Waals surface area contributed by atoms with Gasteiger partial charge in [0.1, 0.15) is 5.78 Å². The van der Waals surface area contributed by atoms with Crippen LogP contribution >= 0.6 is 0 Å². The van der Waals surface area contributed by atoms with Crippen LogP contribution in [0.25, 0.3) is 0 Å². The molecule has 0 saturated heterocycles. The quantitative estimate of drug-likeness (QED) is 0.605. The average Bonchev–Trinajstić information content (AvgIpc) is 1.89. The molecule has 3 heteroatoms. The average molecular weight is 175 g/mol. The molecule has 0 saturated carbocycles. The molecule has 74 valence electrons. The third kappa shape index (κ3) is 393. The van der Waals surface area contributed by atoms with Crippen LogP contribution in [-0.4, -0.2) is 12.8 Å². The van der Waals surface area contributed by atoms with E-state index in [4.69, 9.17) is 4.91 Å². The Morgan fingerprint density at radius 3 is 1.33 bits per heavy atom. The van der Waals surface area contributed by atoms with Gasteiger partial charge in [0.15, 0.2) is 0 Å². The van der Waals surface area contributed by atoms with E-state index in [9.17, 15) is 4.79 Å². The van der Waals surface area contributed by atoms with Crippen LogP contribution in [-0.2, 0) is 4.79 Å². The van der Waals surface area contributed by atoms with Gasteiger partial charge in [-0.05, 0) is 13.8 Å². The lowest BCUT2D eigenvalue weighted by Crippen LogP contribution is -1.69. The highest BCUT2D eigenvalue weighted by Gasteiger charge is 1.68. The van der Waals surface area contributed by atoms with Crippen LogP contribution < -0.4 is 0 Å². The van der Waals surface area contributed by atoms with Crippen molar-refractivity contribution in [3.05, 3.63) is 4.91 Å². The first kappa shape index (κ1) is 17.4. The second-order valence-corrected chi connectivity index (χ2v) is 2.44. The van der Waals surface area contributed by atoms with E-state index in [1.807, 2.05) is 0 Å². The number of nitroso groups, excluding NO2 is 1. The Morgan fingerprint density at radius 2 is 1.33 bits per heavy atom.